The Hall–Kier alpha value is -1.17. The molecule has 22 heavy (non-hydrogen) atoms. The maximum absolute atomic E-state index is 13.8. The SMILES string of the molecule is O=C(C1CCCO1)N1CCN(Cc2c(F)cccc2Cl)CC1. The number of carbonyl (C=O) groups excluding carboxylic acids is 1. The Morgan fingerprint density at radius 3 is 2.73 bits per heavy atom. The van der Waals surface area contributed by atoms with Crippen LogP contribution in [-0.2, 0) is 16.1 Å². The molecule has 120 valence electrons. The maximum Gasteiger partial charge on any atom is 0.251 e. The summed E-state index contributed by atoms with van der Waals surface area (Å²) in [5.41, 5.74) is 0.531. The summed E-state index contributed by atoms with van der Waals surface area (Å²) in [4.78, 5) is 16.3. The molecule has 0 N–H and O–H groups in total. The van der Waals surface area contributed by atoms with E-state index in [0.717, 1.165) is 25.9 Å². The molecule has 1 amide bonds. The van der Waals surface area contributed by atoms with Crippen LogP contribution in [0.15, 0.2) is 18.2 Å². The Kier molecular flexibility index (Phi) is 4.96. The van der Waals surface area contributed by atoms with E-state index in [1.54, 1.807) is 12.1 Å². The summed E-state index contributed by atoms with van der Waals surface area (Å²) in [5.74, 6) is -0.175. The molecule has 1 aromatic carbocycles. The van der Waals surface area contributed by atoms with Gasteiger partial charge in [0.05, 0.1) is 0 Å². The monoisotopic (exact) mass is 326 g/mol. The van der Waals surface area contributed by atoms with Crippen LogP contribution in [0.4, 0.5) is 4.39 Å². The standard InChI is InChI=1S/C16H20ClFN2O2/c17-13-3-1-4-14(18)12(13)11-19-6-8-20(9-7-19)16(21)15-5-2-10-22-15/h1,3-4,15H,2,5-11H2. The van der Waals surface area contributed by atoms with Crippen molar-refractivity contribution in [1.82, 2.24) is 9.80 Å². The van der Waals surface area contributed by atoms with Gasteiger partial charge in [-0.1, -0.05) is 17.7 Å². The lowest BCUT2D eigenvalue weighted by atomic mass is 10.1. The molecular formula is C16H20ClFN2O2. The van der Waals surface area contributed by atoms with Gasteiger partial charge in [-0.05, 0) is 25.0 Å². The number of hydrogen-bond acceptors (Lipinski definition) is 3. The quantitative estimate of drug-likeness (QED) is 0.854. The third-order valence-electron chi connectivity index (χ3n) is 4.33. The normalized spacial score (nSPS) is 23.0. The van der Waals surface area contributed by atoms with Crippen molar-refractivity contribution in [3.05, 3.63) is 34.6 Å². The Labute approximate surface area is 134 Å². The third kappa shape index (κ3) is 3.42. The van der Waals surface area contributed by atoms with Crippen LogP contribution in [0.1, 0.15) is 18.4 Å². The molecule has 2 aliphatic rings. The van der Waals surface area contributed by atoms with Crippen LogP contribution in [0.2, 0.25) is 5.02 Å². The molecule has 2 fully saturated rings. The van der Waals surface area contributed by atoms with Crippen molar-refractivity contribution < 1.29 is 13.9 Å². The summed E-state index contributed by atoms with van der Waals surface area (Å²) in [5, 5.41) is 0.456. The largest absolute Gasteiger partial charge is 0.368 e. The van der Waals surface area contributed by atoms with Gasteiger partial charge in [-0.15, -0.1) is 0 Å². The van der Waals surface area contributed by atoms with Crippen LogP contribution < -0.4 is 0 Å². The van der Waals surface area contributed by atoms with Crippen molar-refractivity contribution in [2.24, 2.45) is 0 Å². The number of piperazine rings is 1. The first-order valence-corrected chi connectivity index (χ1v) is 8.08. The number of halogens is 2. The summed E-state index contributed by atoms with van der Waals surface area (Å²) in [7, 11) is 0. The second-order valence-corrected chi connectivity index (χ2v) is 6.21. The Morgan fingerprint density at radius 1 is 1.32 bits per heavy atom. The molecule has 0 spiro atoms. The fourth-order valence-electron chi connectivity index (χ4n) is 3.01. The number of ether oxygens (including phenoxy) is 1. The van der Waals surface area contributed by atoms with E-state index in [-0.39, 0.29) is 17.8 Å². The lowest BCUT2D eigenvalue weighted by molar-refractivity contribution is -0.142. The molecule has 0 aromatic heterocycles. The molecule has 0 saturated carbocycles. The van der Waals surface area contributed by atoms with Crippen LogP contribution in [0.3, 0.4) is 0 Å². The zero-order chi connectivity index (χ0) is 15.5. The highest BCUT2D eigenvalue weighted by atomic mass is 35.5. The first-order valence-electron chi connectivity index (χ1n) is 7.71. The summed E-state index contributed by atoms with van der Waals surface area (Å²) >= 11 is 6.07. The average Bonchev–Trinajstić information content (AvgIpc) is 3.05. The van der Waals surface area contributed by atoms with Crippen LogP contribution in [0.5, 0.6) is 0 Å². The Morgan fingerprint density at radius 2 is 2.09 bits per heavy atom. The van der Waals surface area contributed by atoms with E-state index >= 15 is 0 Å². The smallest absolute Gasteiger partial charge is 0.251 e. The summed E-state index contributed by atoms with van der Waals surface area (Å²) in [6, 6.07) is 4.75. The molecule has 2 saturated heterocycles. The molecule has 2 heterocycles. The zero-order valence-corrected chi connectivity index (χ0v) is 13.2. The van der Waals surface area contributed by atoms with E-state index in [1.165, 1.54) is 6.07 Å². The first-order chi connectivity index (χ1) is 10.6. The van der Waals surface area contributed by atoms with Crippen LogP contribution in [-0.4, -0.2) is 54.6 Å². The van der Waals surface area contributed by atoms with E-state index in [1.807, 2.05) is 4.90 Å². The topological polar surface area (TPSA) is 32.8 Å². The summed E-state index contributed by atoms with van der Waals surface area (Å²) in [6.45, 7) is 3.93. The summed E-state index contributed by atoms with van der Waals surface area (Å²) < 4.78 is 19.3. The van der Waals surface area contributed by atoms with Crippen molar-refractivity contribution >= 4 is 17.5 Å². The van der Waals surface area contributed by atoms with E-state index in [4.69, 9.17) is 16.3 Å². The van der Waals surface area contributed by atoms with E-state index in [9.17, 15) is 9.18 Å². The molecular weight excluding hydrogens is 307 g/mol. The van der Waals surface area contributed by atoms with Gasteiger partial charge in [0.2, 0.25) is 0 Å². The lowest BCUT2D eigenvalue weighted by Crippen LogP contribution is -2.51. The van der Waals surface area contributed by atoms with Crippen molar-refractivity contribution in [3.63, 3.8) is 0 Å². The highest BCUT2D eigenvalue weighted by Crippen LogP contribution is 2.22. The van der Waals surface area contributed by atoms with E-state index in [2.05, 4.69) is 4.90 Å². The molecule has 6 heteroatoms. The van der Waals surface area contributed by atoms with Gasteiger partial charge in [0.25, 0.3) is 5.91 Å². The minimum atomic E-state index is -0.273. The predicted molar refractivity (Wildman–Crippen MR) is 82.2 cm³/mol. The molecule has 2 aliphatic heterocycles. The van der Waals surface area contributed by atoms with Gasteiger partial charge < -0.3 is 9.64 Å². The molecule has 4 nitrogen and oxygen atoms in total. The van der Waals surface area contributed by atoms with Crippen LogP contribution >= 0.6 is 11.6 Å². The Bertz CT molecular complexity index is 521. The number of benzene rings is 1. The second-order valence-electron chi connectivity index (χ2n) is 5.80. The zero-order valence-electron chi connectivity index (χ0n) is 12.4. The number of amides is 1. The molecule has 1 atom stereocenters. The number of carbonyl (C=O) groups is 1. The molecule has 0 bridgehead atoms. The highest BCUT2D eigenvalue weighted by molar-refractivity contribution is 6.31. The fraction of sp³-hybridized carbons (Fsp3) is 0.562. The molecule has 1 aromatic rings. The first kappa shape index (κ1) is 15.7. The minimum Gasteiger partial charge on any atom is -0.368 e. The highest BCUT2D eigenvalue weighted by Gasteiger charge is 2.30. The van der Waals surface area contributed by atoms with Gasteiger partial charge in [-0.25, -0.2) is 4.39 Å². The molecule has 1 unspecified atom stereocenters. The second kappa shape index (κ2) is 6.94. The Balaban J connectivity index is 1.54. The fourth-order valence-corrected chi connectivity index (χ4v) is 3.23. The third-order valence-corrected chi connectivity index (χ3v) is 4.69. The lowest BCUT2D eigenvalue weighted by Gasteiger charge is -2.35. The predicted octanol–water partition coefficient (Wildman–Crippen LogP) is 2.30. The van der Waals surface area contributed by atoms with E-state index < -0.39 is 0 Å². The van der Waals surface area contributed by atoms with Gasteiger partial charge >= 0.3 is 0 Å². The van der Waals surface area contributed by atoms with E-state index in [0.29, 0.717) is 36.8 Å². The van der Waals surface area contributed by atoms with Crippen LogP contribution in [0.25, 0.3) is 0 Å². The van der Waals surface area contributed by atoms with Gasteiger partial charge in [0, 0.05) is 49.9 Å². The van der Waals surface area contributed by atoms with Gasteiger partial charge in [0.15, 0.2) is 0 Å². The summed E-state index contributed by atoms with van der Waals surface area (Å²) in [6.07, 6.45) is 1.53. The number of hydrogen-bond donors (Lipinski definition) is 0. The molecule has 0 radical (unpaired) electrons. The van der Waals surface area contributed by atoms with Crippen molar-refractivity contribution in [2.45, 2.75) is 25.5 Å². The maximum atomic E-state index is 13.8. The van der Waals surface area contributed by atoms with Gasteiger partial charge in [-0.2, -0.15) is 0 Å². The van der Waals surface area contributed by atoms with Crippen molar-refractivity contribution in [1.29, 1.82) is 0 Å². The number of nitrogens with zero attached hydrogens (tertiary/aromatic N) is 2. The van der Waals surface area contributed by atoms with Crippen molar-refractivity contribution in [2.75, 3.05) is 32.8 Å². The van der Waals surface area contributed by atoms with Crippen molar-refractivity contribution in [3.8, 4) is 0 Å². The number of rotatable bonds is 3. The average molecular weight is 327 g/mol. The van der Waals surface area contributed by atoms with Crippen LogP contribution in [0, 0.1) is 5.82 Å². The minimum absolute atomic E-state index is 0.0982. The molecule has 0 aliphatic carbocycles. The van der Waals surface area contributed by atoms with Gasteiger partial charge in [-0.3, -0.25) is 9.69 Å². The molecule has 3 rings (SSSR count). The van der Waals surface area contributed by atoms with Gasteiger partial charge in [0.1, 0.15) is 11.9 Å².